The van der Waals surface area contributed by atoms with Crippen LogP contribution in [0.15, 0.2) is 66.7 Å². The normalized spacial score (nSPS) is 11.0. The third-order valence-electron chi connectivity index (χ3n) is 4.63. The molecule has 0 aliphatic heterocycles. The summed E-state index contributed by atoms with van der Waals surface area (Å²) in [6.07, 6.45) is 0. The Kier molecular flexibility index (Phi) is 4.19. The van der Waals surface area contributed by atoms with Gasteiger partial charge in [0.25, 0.3) is 0 Å². The lowest BCUT2D eigenvalue weighted by Gasteiger charge is -2.13. The van der Waals surface area contributed by atoms with Crippen LogP contribution < -0.4 is 10.5 Å². The van der Waals surface area contributed by atoms with E-state index in [2.05, 4.69) is 48.7 Å². The minimum absolute atomic E-state index is 0.156. The van der Waals surface area contributed by atoms with E-state index in [0.717, 1.165) is 33.6 Å². The molecule has 0 aliphatic carbocycles. The van der Waals surface area contributed by atoms with Crippen molar-refractivity contribution in [1.29, 1.82) is 0 Å². The largest absolute Gasteiger partial charge is 0.478 e. The highest BCUT2D eigenvalue weighted by molar-refractivity contribution is 5.99. The highest BCUT2D eigenvalue weighted by atomic mass is 16.5. The smallest absolute Gasteiger partial charge is 0.137 e. The summed E-state index contributed by atoms with van der Waals surface area (Å²) in [4.78, 5) is 4.93. The molecule has 0 saturated heterocycles. The summed E-state index contributed by atoms with van der Waals surface area (Å²) < 4.78 is 7.74. The number of pyridine rings is 1. The molecule has 0 aliphatic rings. The van der Waals surface area contributed by atoms with Gasteiger partial charge in [0.1, 0.15) is 18.3 Å². The van der Waals surface area contributed by atoms with Crippen LogP contribution in [0.2, 0.25) is 0 Å². The van der Waals surface area contributed by atoms with Gasteiger partial charge in [-0.15, -0.1) is 0 Å². The minimum atomic E-state index is 0.156. The summed E-state index contributed by atoms with van der Waals surface area (Å²) in [5.74, 6) is 1.72. The second-order valence-corrected chi connectivity index (χ2v) is 6.30. The highest BCUT2D eigenvalue weighted by Crippen LogP contribution is 2.34. The molecule has 2 N–H and O–H groups in total. The van der Waals surface area contributed by atoms with Crippen LogP contribution in [0, 0.1) is 13.8 Å². The Balaban J connectivity index is 1.89. The van der Waals surface area contributed by atoms with Crippen molar-refractivity contribution >= 4 is 10.8 Å². The lowest BCUT2D eigenvalue weighted by molar-refractivity contribution is 0.333. The number of ether oxygens (including phenoxy) is 1. The summed E-state index contributed by atoms with van der Waals surface area (Å²) in [5.41, 5.74) is 9.92. The maximum absolute atomic E-state index is 5.58. The molecule has 26 heavy (non-hydrogen) atoms. The van der Waals surface area contributed by atoms with E-state index in [-0.39, 0.29) is 6.73 Å². The Labute approximate surface area is 152 Å². The van der Waals surface area contributed by atoms with Crippen LogP contribution in [0.4, 0.5) is 0 Å². The monoisotopic (exact) mass is 343 g/mol. The summed E-state index contributed by atoms with van der Waals surface area (Å²) in [7, 11) is 0. The van der Waals surface area contributed by atoms with E-state index in [1.165, 1.54) is 11.4 Å². The predicted octanol–water partition coefficient (Wildman–Crippen LogP) is 4.60. The lowest BCUT2D eigenvalue weighted by Crippen LogP contribution is -2.07. The van der Waals surface area contributed by atoms with E-state index in [1.54, 1.807) is 0 Å². The maximum Gasteiger partial charge on any atom is 0.137 e. The Hall–Kier alpha value is -3.11. The molecule has 0 saturated carbocycles. The number of rotatable bonds is 4. The Morgan fingerprint density at radius 1 is 0.846 bits per heavy atom. The van der Waals surface area contributed by atoms with E-state index < -0.39 is 0 Å². The molecule has 4 rings (SSSR count). The zero-order valence-electron chi connectivity index (χ0n) is 14.9. The second-order valence-electron chi connectivity index (χ2n) is 6.30. The first-order valence-corrected chi connectivity index (χ1v) is 8.66. The van der Waals surface area contributed by atoms with Gasteiger partial charge in [-0.1, -0.05) is 30.3 Å². The SMILES string of the molecule is Cc1ccc(C)n1-c1cccc(-c2ccc(OCN)c3ccccc23)n1. The van der Waals surface area contributed by atoms with E-state index >= 15 is 0 Å². The molecule has 130 valence electrons. The topological polar surface area (TPSA) is 53.1 Å². The van der Waals surface area contributed by atoms with Crippen LogP contribution in [0.3, 0.4) is 0 Å². The molecule has 4 heteroatoms. The average molecular weight is 343 g/mol. The van der Waals surface area contributed by atoms with E-state index in [1.807, 2.05) is 36.4 Å². The third kappa shape index (κ3) is 2.74. The summed E-state index contributed by atoms with van der Waals surface area (Å²) in [6, 6.07) is 22.5. The van der Waals surface area contributed by atoms with Gasteiger partial charge in [-0.05, 0) is 55.6 Å². The summed E-state index contributed by atoms with van der Waals surface area (Å²) in [5, 5.41) is 2.14. The maximum atomic E-state index is 5.58. The molecule has 0 bridgehead atoms. The molecule has 0 radical (unpaired) electrons. The van der Waals surface area contributed by atoms with Gasteiger partial charge in [-0.3, -0.25) is 5.73 Å². The first kappa shape index (κ1) is 16.4. The molecular formula is C22H21N3O. The van der Waals surface area contributed by atoms with Crippen molar-refractivity contribution in [3.63, 3.8) is 0 Å². The number of hydrogen-bond donors (Lipinski definition) is 1. The van der Waals surface area contributed by atoms with Gasteiger partial charge >= 0.3 is 0 Å². The highest BCUT2D eigenvalue weighted by Gasteiger charge is 2.11. The van der Waals surface area contributed by atoms with Crippen LogP contribution in [0.25, 0.3) is 27.8 Å². The Bertz CT molecular complexity index is 1060. The third-order valence-corrected chi connectivity index (χ3v) is 4.63. The molecule has 0 atom stereocenters. The number of nitrogens with zero attached hydrogens (tertiary/aromatic N) is 2. The number of aromatic nitrogens is 2. The van der Waals surface area contributed by atoms with Crippen molar-refractivity contribution in [2.24, 2.45) is 5.73 Å². The fraction of sp³-hybridized carbons (Fsp3) is 0.136. The van der Waals surface area contributed by atoms with Crippen molar-refractivity contribution in [2.45, 2.75) is 13.8 Å². The van der Waals surface area contributed by atoms with Gasteiger partial charge in [-0.25, -0.2) is 4.98 Å². The molecule has 0 spiro atoms. The fourth-order valence-corrected chi connectivity index (χ4v) is 3.44. The van der Waals surface area contributed by atoms with Crippen molar-refractivity contribution < 1.29 is 4.74 Å². The van der Waals surface area contributed by atoms with Crippen molar-refractivity contribution in [1.82, 2.24) is 9.55 Å². The van der Waals surface area contributed by atoms with E-state index in [9.17, 15) is 0 Å². The van der Waals surface area contributed by atoms with Gasteiger partial charge in [0.2, 0.25) is 0 Å². The van der Waals surface area contributed by atoms with Crippen LogP contribution in [0.5, 0.6) is 5.75 Å². The van der Waals surface area contributed by atoms with Gasteiger partial charge < -0.3 is 9.30 Å². The van der Waals surface area contributed by atoms with Gasteiger partial charge in [-0.2, -0.15) is 0 Å². The first-order chi connectivity index (χ1) is 12.7. The summed E-state index contributed by atoms with van der Waals surface area (Å²) >= 11 is 0. The molecule has 2 aromatic carbocycles. The zero-order chi connectivity index (χ0) is 18.1. The standard InChI is InChI=1S/C22H21N3O/c1-15-10-11-16(2)25(15)22-9-5-8-20(24-22)18-12-13-21(26-14-23)19-7-4-3-6-17(18)19/h3-13H,14,23H2,1-2H3. The average Bonchev–Trinajstić information content (AvgIpc) is 3.01. The number of benzene rings is 2. The van der Waals surface area contributed by atoms with Crippen LogP contribution in [0.1, 0.15) is 11.4 Å². The Morgan fingerprint density at radius 2 is 1.58 bits per heavy atom. The number of nitrogens with two attached hydrogens (primary N) is 1. The number of aryl methyl sites for hydroxylation is 2. The predicted molar refractivity (Wildman–Crippen MR) is 106 cm³/mol. The van der Waals surface area contributed by atoms with Crippen LogP contribution in [-0.2, 0) is 0 Å². The molecule has 0 unspecified atom stereocenters. The number of hydrogen-bond acceptors (Lipinski definition) is 3. The zero-order valence-corrected chi connectivity index (χ0v) is 14.9. The first-order valence-electron chi connectivity index (χ1n) is 8.66. The van der Waals surface area contributed by atoms with Gasteiger partial charge in [0, 0.05) is 22.3 Å². The molecule has 2 heterocycles. The number of fused-ring (bicyclic) bond motifs is 1. The van der Waals surface area contributed by atoms with Crippen molar-refractivity contribution in [2.75, 3.05) is 6.73 Å². The van der Waals surface area contributed by atoms with Gasteiger partial charge in [0.05, 0.1) is 5.69 Å². The molecule has 2 aromatic heterocycles. The fourth-order valence-electron chi connectivity index (χ4n) is 3.44. The molecule has 0 amide bonds. The molecule has 0 fully saturated rings. The molecular weight excluding hydrogens is 322 g/mol. The lowest BCUT2D eigenvalue weighted by atomic mass is 10.0. The van der Waals surface area contributed by atoms with E-state index in [0.29, 0.717) is 0 Å². The molecule has 4 nitrogen and oxygen atoms in total. The summed E-state index contributed by atoms with van der Waals surface area (Å²) in [6.45, 7) is 4.34. The van der Waals surface area contributed by atoms with Crippen molar-refractivity contribution in [3.05, 3.63) is 78.1 Å². The Morgan fingerprint density at radius 3 is 2.31 bits per heavy atom. The molecule has 4 aromatic rings. The quantitative estimate of drug-likeness (QED) is 0.551. The minimum Gasteiger partial charge on any atom is -0.478 e. The van der Waals surface area contributed by atoms with Gasteiger partial charge in [0.15, 0.2) is 0 Å². The van der Waals surface area contributed by atoms with Crippen LogP contribution in [-0.4, -0.2) is 16.3 Å². The van der Waals surface area contributed by atoms with Crippen LogP contribution >= 0.6 is 0 Å². The van der Waals surface area contributed by atoms with E-state index in [4.69, 9.17) is 15.5 Å². The van der Waals surface area contributed by atoms with Crippen molar-refractivity contribution in [3.8, 4) is 22.8 Å². The second kappa shape index (κ2) is 6.65.